The topological polar surface area (TPSA) is 88.6 Å². The molecule has 0 spiro atoms. The molecule has 0 aliphatic carbocycles. The second-order valence-corrected chi connectivity index (χ2v) is 7.01. The zero-order chi connectivity index (χ0) is 17.9. The summed E-state index contributed by atoms with van der Waals surface area (Å²) in [7, 11) is 1.59. The number of aromatic nitrogens is 1. The van der Waals surface area contributed by atoms with E-state index in [9.17, 15) is 14.7 Å². The highest BCUT2D eigenvalue weighted by Crippen LogP contribution is 2.34. The number of Topliss-reactive ketones (excluding diaryl/α,β-unsaturated/α-hetero) is 1. The van der Waals surface area contributed by atoms with Crippen LogP contribution < -0.4 is 14.6 Å². The van der Waals surface area contributed by atoms with Crippen LogP contribution in [0.4, 0.5) is 0 Å². The quantitative estimate of drug-likeness (QED) is 0.743. The monoisotopic (exact) mass is 348 g/mol. The number of benzene rings is 1. The minimum atomic E-state index is -1.41. The molecule has 0 saturated carbocycles. The summed E-state index contributed by atoms with van der Waals surface area (Å²) in [6.07, 6.45) is 0. The number of hydrogen-bond donors (Lipinski definition) is 0. The first kappa shape index (κ1) is 17.9. The van der Waals surface area contributed by atoms with Crippen LogP contribution in [0.5, 0.6) is 11.5 Å². The first-order valence-electron chi connectivity index (χ1n) is 7.23. The molecule has 0 amide bonds. The van der Waals surface area contributed by atoms with Gasteiger partial charge in [0, 0.05) is 10.9 Å². The lowest BCUT2D eigenvalue weighted by atomic mass is 9.86. The van der Waals surface area contributed by atoms with Crippen molar-refractivity contribution in [1.82, 2.24) is 4.98 Å². The number of thiazole rings is 1. The molecule has 0 unspecified atom stereocenters. The molecule has 128 valence electrons. The Balaban J connectivity index is 2.16. The second kappa shape index (κ2) is 7.00. The van der Waals surface area contributed by atoms with E-state index in [0.717, 1.165) is 16.9 Å². The number of nitrogens with zero attached hydrogens (tertiary/aromatic N) is 1. The van der Waals surface area contributed by atoms with Gasteiger partial charge in [0.15, 0.2) is 11.6 Å². The molecule has 2 aromatic rings. The average molecular weight is 348 g/mol. The smallest absolute Gasteiger partial charge is 0.228 e. The average Bonchev–Trinajstić information content (AvgIpc) is 3.02. The van der Waals surface area contributed by atoms with Crippen LogP contribution in [0.25, 0.3) is 0 Å². The van der Waals surface area contributed by atoms with E-state index in [1.54, 1.807) is 19.2 Å². The highest BCUT2D eigenvalue weighted by atomic mass is 32.1. The standard InChI is InChI=1S/C17H19NO5S/c1-17(2,3)11-7-10(22-4)5-6-14(11)23-8-13(19)15-18-12(9-24-15)16(20)21/h5-7,9H,8H2,1-4H3,(H,20,21)/p-1. The molecule has 0 saturated heterocycles. The molecule has 2 rings (SSSR count). The Bertz CT molecular complexity index is 761. The molecule has 6 nitrogen and oxygen atoms in total. The summed E-state index contributed by atoms with van der Waals surface area (Å²) in [5.41, 5.74) is 0.461. The Morgan fingerprint density at radius 3 is 2.54 bits per heavy atom. The largest absolute Gasteiger partial charge is 0.543 e. The van der Waals surface area contributed by atoms with Crippen LogP contribution in [-0.4, -0.2) is 30.5 Å². The van der Waals surface area contributed by atoms with Crippen LogP contribution in [0.1, 0.15) is 46.6 Å². The van der Waals surface area contributed by atoms with Crippen molar-refractivity contribution in [3.05, 3.63) is 39.8 Å². The predicted octanol–water partition coefficient (Wildman–Crippen LogP) is 2.07. The maximum atomic E-state index is 12.1. The molecule has 0 radical (unpaired) electrons. The van der Waals surface area contributed by atoms with Gasteiger partial charge in [-0.15, -0.1) is 11.3 Å². The molecule has 0 N–H and O–H groups in total. The van der Waals surface area contributed by atoms with E-state index in [1.807, 2.05) is 26.8 Å². The highest BCUT2D eigenvalue weighted by Gasteiger charge is 2.21. The van der Waals surface area contributed by atoms with Gasteiger partial charge in [-0.1, -0.05) is 20.8 Å². The highest BCUT2D eigenvalue weighted by molar-refractivity contribution is 7.12. The third-order valence-corrected chi connectivity index (χ3v) is 4.19. The Labute approximate surface area is 144 Å². The number of methoxy groups -OCH3 is 1. The summed E-state index contributed by atoms with van der Waals surface area (Å²) in [6, 6.07) is 5.38. The van der Waals surface area contributed by atoms with Crippen molar-refractivity contribution < 1.29 is 24.2 Å². The Hall–Kier alpha value is -2.41. The summed E-state index contributed by atoms with van der Waals surface area (Å²) in [6.45, 7) is 5.87. The molecule has 0 aliphatic rings. The third-order valence-electron chi connectivity index (χ3n) is 3.31. The fourth-order valence-corrected chi connectivity index (χ4v) is 2.76. The number of carbonyl (C=O) groups is 2. The van der Waals surface area contributed by atoms with E-state index in [4.69, 9.17) is 9.47 Å². The number of rotatable bonds is 6. The van der Waals surface area contributed by atoms with Gasteiger partial charge in [-0.3, -0.25) is 4.79 Å². The zero-order valence-corrected chi connectivity index (χ0v) is 14.7. The van der Waals surface area contributed by atoms with E-state index in [2.05, 4.69) is 4.98 Å². The van der Waals surface area contributed by atoms with Gasteiger partial charge in [-0.2, -0.15) is 0 Å². The van der Waals surface area contributed by atoms with Gasteiger partial charge >= 0.3 is 0 Å². The maximum absolute atomic E-state index is 12.1. The summed E-state index contributed by atoms with van der Waals surface area (Å²) in [5.74, 6) is -0.509. The SMILES string of the molecule is COc1ccc(OCC(=O)c2nc(C(=O)[O-])cs2)c(C(C)(C)C)c1. The van der Waals surface area contributed by atoms with Gasteiger partial charge in [0.05, 0.1) is 18.8 Å². The first-order valence-corrected chi connectivity index (χ1v) is 8.11. The van der Waals surface area contributed by atoms with Crippen molar-refractivity contribution in [1.29, 1.82) is 0 Å². The first-order chi connectivity index (χ1) is 11.2. The number of carboxylic acids is 1. The van der Waals surface area contributed by atoms with Gasteiger partial charge in [0.2, 0.25) is 5.78 Å². The molecule has 0 aliphatic heterocycles. The summed E-state index contributed by atoms with van der Waals surface area (Å²) < 4.78 is 10.9. The predicted molar refractivity (Wildman–Crippen MR) is 88.0 cm³/mol. The number of hydrogen-bond acceptors (Lipinski definition) is 7. The lowest BCUT2D eigenvalue weighted by Gasteiger charge is -2.23. The van der Waals surface area contributed by atoms with Crippen LogP contribution in [-0.2, 0) is 5.41 Å². The van der Waals surface area contributed by atoms with Gasteiger partial charge < -0.3 is 19.4 Å². The molecule has 0 fully saturated rings. The van der Waals surface area contributed by atoms with Crippen molar-refractivity contribution in [2.45, 2.75) is 26.2 Å². The van der Waals surface area contributed by atoms with Crippen LogP contribution in [0.15, 0.2) is 23.6 Å². The maximum Gasteiger partial charge on any atom is 0.228 e. The Morgan fingerprint density at radius 2 is 2.00 bits per heavy atom. The van der Waals surface area contributed by atoms with Gasteiger partial charge in [-0.25, -0.2) is 4.98 Å². The zero-order valence-electron chi connectivity index (χ0n) is 13.9. The second-order valence-electron chi connectivity index (χ2n) is 6.15. The van der Waals surface area contributed by atoms with Gasteiger partial charge in [-0.05, 0) is 23.6 Å². The van der Waals surface area contributed by atoms with Gasteiger partial charge in [0.25, 0.3) is 0 Å². The third kappa shape index (κ3) is 4.11. The lowest BCUT2D eigenvalue weighted by molar-refractivity contribution is -0.255. The van der Waals surface area contributed by atoms with Crippen molar-refractivity contribution in [3.63, 3.8) is 0 Å². The number of carbonyl (C=O) groups excluding carboxylic acids is 2. The fraction of sp³-hybridized carbons (Fsp3) is 0.353. The summed E-state index contributed by atoms with van der Waals surface area (Å²) in [4.78, 5) is 26.6. The van der Waals surface area contributed by atoms with Crippen molar-refractivity contribution in [3.8, 4) is 11.5 Å². The minimum Gasteiger partial charge on any atom is -0.543 e. The normalized spacial score (nSPS) is 11.2. The summed E-state index contributed by atoms with van der Waals surface area (Å²) >= 11 is 0.955. The van der Waals surface area contributed by atoms with Crippen LogP contribution in [0.3, 0.4) is 0 Å². The van der Waals surface area contributed by atoms with Crippen LogP contribution in [0, 0.1) is 0 Å². The van der Waals surface area contributed by atoms with E-state index in [0.29, 0.717) is 11.5 Å². The molecule has 1 aromatic carbocycles. The molecule has 1 heterocycles. The van der Waals surface area contributed by atoms with Crippen molar-refractivity contribution >= 4 is 23.1 Å². The van der Waals surface area contributed by atoms with E-state index in [1.165, 1.54) is 5.38 Å². The fourth-order valence-electron chi connectivity index (χ4n) is 2.05. The molecular weight excluding hydrogens is 330 g/mol. The molecular formula is C17H18NO5S-. The lowest BCUT2D eigenvalue weighted by Crippen LogP contribution is -2.23. The van der Waals surface area contributed by atoms with E-state index in [-0.39, 0.29) is 28.5 Å². The number of ether oxygens (including phenoxy) is 2. The molecule has 0 atom stereocenters. The van der Waals surface area contributed by atoms with Crippen LogP contribution in [0.2, 0.25) is 0 Å². The molecule has 1 aromatic heterocycles. The Kier molecular flexibility index (Phi) is 5.23. The molecule has 7 heteroatoms. The van der Waals surface area contributed by atoms with E-state index < -0.39 is 5.97 Å². The number of aromatic carboxylic acids is 1. The molecule has 24 heavy (non-hydrogen) atoms. The Morgan fingerprint density at radius 1 is 1.29 bits per heavy atom. The van der Waals surface area contributed by atoms with E-state index >= 15 is 0 Å². The minimum absolute atomic E-state index is 0.0834. The molecule has 0 bridgehead atoms. The van der Waals surface area contributed by atoms with Crippen LogP contribution >= 0.6 is 11.3 Å². The number of ketones is 1. The summed E-state index contributed by atoms with van der Waals surface area (Å²) in [5, 5.41) is 12.1. The van der Waals surface area contributed by atoms with Crippen molar-refractivity contribution in [2.24, 2.45) is 0 Å². The van der Waals surface area contributed by atoms with Crippen molar-refractivity contribution in [2.75, 3.05) is 13.7 Å². The van der Waals surface area contributed by atoms with Gasteiger partial charge in [0.1, 0.15) is 11.5 Å². The number of carboxylic acid groups (broad SMARTS) is 1.